The van der Waals surface area contributed by atoms with Crippen molar-refractivity contribution >= 4 is 22.6 Å². The Kier molecular flexibility index (Phi) is 4.22. The van der Waals surface area contributed by atoms with E-state index in [2.05, 4.69) is 4.72 Å². The number of hydrogen-bond donors (Lipinski definition) is 3. The van der Waals surface area contributed by atoms with E-state index in [0.29, 0.717) is 0 Å². The van der Waals surface area contributed by atoms with Crippen molar-refractivity contribution in [1.82, 2.24) is 4.72 Å². The molecule has 0 aliphatic carbocycles. The summed E-state index contributed by atoms with van der Waals surface area (Å²) in [6.07, 6.45) is 0. The van der Waals surface area contributed by atoms with Gasteiger partial charge in [-0.05, 0) is 33.8 Å². The lowest BCUT2D eigenvalue weighted by Gasteiger charge is -2.21. The molecule has 0 amide bonds. The summed E-state index contributed by atoms with van der Waals surface area (Å²) in [5, 5.41) is 18.5. The van der Waals surface area contributed by atoms with Gasteiger partial charge in [-0.2, -0.15) is 0 Å². The van der Waals surface area contributed by atoms with E-state index >= 15 is 0 Å². The van der Waals surface area contributed by atoms with Crippen molar-refractivity contribution in [2.75, 3.05) is 0 Å². The molecule has 0 unspecified atom stereocenters. The van der Waals surface area contributed by atoms with Crippen molar-refractivity contribution in [2.45, 2.75) is 38.1 Å². The summed E-state index contributed by atoms with van der Waals surface area (Å²) in [6, 6.07) is 4.43. The monoisotopic (exact) mass is 271 g/mol. The molecular weight excluding hydrogens is 253 g/mol. The SMILES string of the molecule is Cc1ccc(S(=O)(=O)NC(C)(C)C)c(B(O)O)c1. The summed E-state index contributed by atoms with van der Waals surface area (Å²) in [6.45, 7) is 6.90. The number of hydrogen-bond acceptors (Lipinski definition) is 4. The predicted molar refractivity (Wildman–Crippen MR) is 71.1 cm³/mol. The van der Waals surface area contributed by atoms with Crippen LogP contribution >= 0.6 is 0 Å². The van der Waals surface area contributed by atoms with Gasteiger partial charge in [0.1, 0.15) is 0 Å². The van der Waals surface area contributed by atoms with Gasteiger partial charge in [0.2, 0.25) is 10.0 Å². The Bertz CT molecular complexity index is 534. The van der Waals surface area contributed by atoms with Crippen molar-refractivity contribution in [1.29, 1.82) is 0 Å². The largest absolute Gasteiger partial charge is 0.489 e. The van der Waals surface area contributed by atoms with Crippen LogP contribution < -0.4 is 10.2 Å². The Labute approximate surface area is 108 Å². The van der Waals surface area contributed by atoms with E-state index in [1.807, 2.05) is 0 Å². The molecule has 5 nitrogen and oxygen atoms in total. The molecule has 100 valence electrons. The molecule has 0 aromatic heterocycles. The maximum absolute atomic E-state index is 12.2. The first-order chi connectivity index (χ1) is 8.03. The molecule has 0 spiro atoms. The van der Waals surface area contributed by atoms with Crippen LogP contribution in [0, 0.1) is 6.92 Å². The average molecular weight is 271 g/mol. The van der Waals surface area contributed by atoms with E-state index < -0.39 is 22.7 Å². The minimum Gasteiger partial charge on any atom is -0.423 e. The Balaban J connectivity index is 3.33. The zero-order valence-corrected chi connectivity index (χ0v) is 11.7. The third-order valence-corrected chi connectivity index (χ3v) is 4.01. The second kappa shape index (κ2) is 5.01. The van der Waals surface area contributed by atoms with Crippen LogP contribution in [0.4, 0.5) is 0 Å². The van der Waals surface area contributed by atoms with Gasteiger partial charge in [-0.25, -0.2) is 13.1 Å². The molecule has 7 heteroatoms. The molecule has 0 radical (unpaired) electrons. The lowest BCUT2D eigenvalue weighted by atomic mass is 9.79. The van der Waals surface area contributed by atoms with E-state index in [1.165, 1.54) is 12.1 Å². The maximum Gasteiger partial charge on any atom is 0.489 e. The van der Waals surface area contributed by atoms with Crippen LogP contribution in [-0.4, -0.2) is 31.1 Å². The molecule has 0 fully saturated rings. The van der Waals surface area contributed by atoms with Gasteiger partial charge in [0.15, 0.2) is 0 Å². The van der Waals surface area contributed by atoms with Crippen LogP contribution in [0.3, 0.4) is 0 Å². The van der Waals surface area contributed by atoms with E-state index in [0.717, 1.165) is 5.56 Å². The highest BCUT2D eigenvalue weighted by Crippen LogP contribution is 2.12. The third kappa shape index (κ3) is 3.81. The zero-order chi connectivity index (χ0) is 14.1. The lowest BCUT2D eigenvalue weighted by Crippen LogP contribution is -2.44. The van der Waals surface area contributed by atoms with Gasteiger partial charge in [0.05, 0.1) is 4.90 Å². The van der Waals surface area contributed by atoms with Crippen LogP contribution in [0.1, 0.15) is 26.3 Å². The topological polar surface area (TPSA) is 86.6 Å². The first-order valence-corrected chi connectivity index (χ1v) is 7.02. The van der Waals surface area contributed by atoms with Gasteiger partial charge in [0.25, 0.3) is 0 Å². The summed E-state index contributed by atoms with van der Waals surface area (Å²) >= 11 is 0. The van der Waals surface area contributed by atoms with Gasteiger partial charge in [-0.15, -0.1) is 0 Å². The number of aryl methyl sites for hydroxylation is 1. The zero-order valence-electron chi connectivity index (χ0n) is 10.9. The van der Waals surface area contributed by atoms with E-state index in [1.54, 1.807) is 33.8 Å². The van der Waals surface area contributed by atoms with Crippen LogP contribution in [0.2, 0.25) is 0 Å². The van der Waals surface area contributed by atoms with Crippen molar-refractivity contribution in [2.24, 2.45) is 0 Å². The van der Waals surface area contributed by atoms with Crippen LogP contribution in [-0.2, 0) is 10.0 Å². The highest BCUT2D eigenvalue weighted by molar-refractivity contribution is 7.89. The third-order valence-electron chi connectivity index (χ3n) is 2.17. The molecule has 3 N–H and O–H groups in total. The van der Waals surface area contributed by atoms with E-state index in [4.69, 9.17) is 0 Å². The number of sulfonamides is 1. The van der Waals surface area contributed by atoms with E-state index in [9.17, 15) is 18.5 Å². The highest BCUT2D eigenvalue weighted by atomic mass is 32.2. The first-order valence-electron chi connectivity index (χ1n) is 5.53. The van der Waals surface area contributed by atoms with Crippen LogP contribution in [0.15, 0.2) is 23.1 Å². The fourth-order valence-electron chi connectivity index (χ4n) is 1.57. The summed E-state index contributed by atoms with van der Waals surface area (Å²) < 4.78 is 26.8. The minimum atomic E-state index is -3.78. The molecule has 0 heterocycles. The quantitative estimate of drug-likeness (QED) is 0.662. The fraction of sp³-hybridized carbons (Fsp3) is 0.455. The molecule has 0 aliphatic heterocycles. The number of benzene rings is 1. The Morgan fingerprint density at radius 3 is 2.22 bits per heavy atom. The number of nitrogens with one attached hydrogen (secondary N) is 1. The molecule has 0 atom stereocenters. The van der Waals surface area contributed by atoms with Crippen molar-refractivity contribution in [3.05, 3.63) is 23.8 Å². The van der Waals surface area contributed by atoms with Gasteiger partial charge in [0, 0.05) is 11.0 Å². The fourth-order valence-corrected chi connectivity index (χ4v) is 3.21. The summed E-state index contributed by atoms with van der Waals surface area (Å²) in [5.41, 5.74) is 0.0982. The Morgan fingerprint density at radius 1 is 1.22 bits per heavy atom. The Morgan fingerprint density at radius 2 is 1.78 bits per heavy atom. The molecule has 0 aliphatic rings. The standard InChI is InChI=1S/C11H18BNO4S/c1-8-5-6-10(9(7-8)12(14)15)18(16,17)13-11(2,3)4/h5-7,13-15H,1-4H3. The molecule has 1 rings (SSSR count). The van der Waals surface area contributed by atoms with Crippen molar-refractivity contribution < 1.29 is 18.5 Å². The van der Waals surface area contributed by atoms with Gasteiger partial charge in [-0.1, -0.05) is 17.7 Å². The van der Waals surface area contributed by atoms with E-state index in [-0.39, 0.29) is 10.4 Å². The summed E-state index contributed by atoms with van der Waals surface area (Å²) in [4.78, 5) is -0.113. The molecule has 0 saturated heterocycles. The molecule has 1 aromatic rings. The molecular formula is C11H18BNO4S. The second-order valence-corrected chi connectivity index (χ2v) is 6.92. The summed E-state index contributed by atoms with van der Waals surface area (Å²) in [7, 11) is -5.60. The average Bonchev–Trinajstić information content (AvgIpc) is 2.12. The molecule has 0 bridgehead atoms. The van der Waals surface area contributed by atoms with Crippen LogP contribution in [0.25, 0.3) is 0 Å². The van der Waals surface area contributed by atoms with Crippen LogP contribution in [0.5, 0.6) is 0 Å². The minimum absolute atomic E-state index is 0.0215. The first kappa shape index (κ1) is 15.2. The highest BCUT2D eigenvalue weighted by Gasteiger charge is 2.28. The van der Waals surface area contributed by atoms with Gasteiger partial charge >= 0.3 is 7.12 Å². The normalized spacial score (nSPS) is 12.6. The van der Waals surface area contributed by atoms with Gasteiger partial charge in [-0.3, -0.25) is 0 Å². The van der Waals surface area contributed by atoms with Gasteiger partial charge < -0.3 is 10.0 Å². The molecule has 18 heavy (non-hydrogen) atoms. The van der Waals surface area contributed by atoms with Crippen molar-refractivity contribution in [3.63, 3.8) is 0 Å². The smallest absolute Gasteiger partial charge is 0.423 e. The Hall–Kier alpha value is -0.885. The van der Waals surface area contributed by atoms with Crippen molar-refractivity contribution in [3.8, 4) is 0 Å². The predicted octanol–water partition coefficient (Wildman–Crippen LogP) is -0.248. The number of rotatable bonds is 3. The molecule has 1 aromatic carbocycles. The summed E-state index contributed by atoms with van der Waals surface area (Å²) in [5.74, 6) is 0. The second-order valence-electron chi connectivity index (χ2n) is 5.27. The molecule has 0 saturated carbocycles. The lowest BCUT2D eigenvalue weighted by molar-refractivity contribution is 0.424. The maximum atomic E-state index is 12.2.